The lowest BCUT2D eigenvalue weighted by Crippen LogP contribution is -2.42. The van der Waals surface area contributed by atoms with Crippen LogP contribution in [0.15, 0.2) is 29.2 Å². The number of primary sulfonamides is 1. The third kappa shape index (κ3) is 3.56. The van der Waals surface area contributed by atoms with Crippen LogP contribution < -0.4 is 10.0 Å². The lowest BCUT2D eigenvalue weighted by Gasteiger charge is -2.33. The Morgan fingerprint density at radius 1 is 1.14 bits per heavy atom. The van der Waals surface area contributed by atoms with Crippen LogP contribution in [0.1, 0.15) is 19.8 Å². The summed E-state index contributed by atoms with van der Waals surface area (Å²) in [4.78, 5) is 2.23. The number of nitrogens with zero attached hydrogens (tertiary/aromatic N) is 1. The molecule has 8 heteroatoms. The maximum absolute atomic E-state index is 12.1. The van der Waals surface area contributed by atoms with Gasteiger partial charge in [-0.1, -0.05) is 19.1 Å². The van der Waals surface area contributed by atoms with Gasteiger partial charge in [-0.2, -0.15) is 0 Å². The quantitative estimate of drug-likeness (QED) is 0.877. The summed E-state index contributed by atoms with van der Waals surface area (Å²) in [7, 11) is -6.82. The smallest absolute Gasteiger partial charge is 0.212 e. The first-order valence-corrected chi connectivity index (χ1v) is 10.1. The SMILES string of the molecule is CCS(=O)(=O)c1ccccc1N1CCC(S(N)(=O)=O)CC1. The van der Waals surface area contributed by atoms with E-state index >= 15 is 0 Å². The molecule has 0 saturated carbocycles. The fourth-order valence-corrected chi connectivity index (χ4v) is 4.54. The van der Waals surface area contributed by atoms with Gasteiger partial charge in [0, 0.05) is 13.1 Å². The van der Waals surface area contributed by atoms with E-state index < -0.39 is 25.1 Å². The van der Waals surface area contributed by atoms with Crippen molar-refractivity contribution in [1.29, 1.82) is 0 Å². The second-order valence-electron chi connectivity index (χ2n) is 5.15. The summed E-state index contributed by atoms with van der Waals surface area (Å²) in [6.45, 7) is 2.58. The lowest BCUT2D eigenvalue weighted by atomic mass is 10.1. The molecule has 1 aromatic carbocycles. The molecule has 1 fully saturated rings. The molecule has 0 radical (unpaired) electrons. The van der Waals surface area contributed by atoms with E-state index in [1.54, 1.807) is 31.2 Å². The number of hydrogen-bond acceptors (Lipinski definition) is 5. The summed E-state index contributed by atoms with van der Waals surface area (Å²) in [6.07, 6.45) is 0.832. The Balaban J connectivity index is 2.26. The highest BCUT2D eigenvalue weighted by atomic mass is 32.2. The molecule has 0 spiro atoms. The molecular formula is C13H20N2O4S2. The summed E-state index contributed by atoms with van der Waals surface area (Å²) < 4.78 is 47.0. The molecule has 0 aromatic heterocycles. The molecule has 6 nitrogen and oxygen atoms in total. The van der Waals surface area contributed by atoms with Crippen molar-refractivity contribution in [3.05, 3.63) is 24.3 Å². The molecule has 1 heterocycles. The van der Waals surface area contributed by atoms with Gasteiger partial charge in [0.15, 0.2) is 9.84 Å². The highest BCUT2D eigenvalue weighted by Gasteiger charge is 2.29. The van der Waals surface area contributed by atoms with Crippen molar-refractivity contribution in [3.8, 4) is 0 Å². The first-order chi connectivity index (χ1) is 9.75. The van der Waals surface area contributed by atoms with Crippen molar-refractivity contribution in [2.75, 3.05) is 23.7 Å². The Labute approximate surface area is 125 Å². The number of hydrogen-bond donors (Lipinski definition) is 1. The summed E-state index contributed by atoms with van der Waals surface area (Å²) in [5.74, 6) is 0.0393. The van der Waals surface area contributed by atoms with Gasteiger partial charge in [-0.25, -0.2) is 22.0 Å². The standard InChI is InChI=1S/C13H20N2O4S2/c1-2-20(16,17)13-6-4-3-5-12(13)15-9-7-11(8-10-15)21(14,18)19/h3-6,11H,2,7-10H2,1H3,(H2,14,18,19). The number of anilines is 1. The zero-order valence-electron chi connectivity index (χ0n) is 11.9. The molecule has 0 bridgehead atoms. The predicted molar refractivity (Wildman–Crippen MR) is 82.5 cm³/mol. The first kappa shape index (κ1) is 16.3. The Bertz CT molecular complexity index is 705. The summed E-state index contributed by atoms with van der Waals surface area (Å²) >= 11 is 0. The molecule has 2 rings (SSSR count). The highest BCUT2D eigenvalue weighted by molar-refractivity contribution is 7.91. The van der Waals surface area contributed by atoms with Crippen LogP contribution in [0.2, 0.25) is 0 Å². The van der Waals surface area contributed by atoms with Crippen LogP contribution in [-0.2, 0) is 19.9 Å². The Morgan fingerprint density at radius 2 is 1.71 bits per heavy atom. The normalized spacial score (nSPS) is 17.9. The minimum absolute atomic E-state index is 0.0393. The number of sulfone groups is 1. The fourth-order valence-electron chi connectivity index (χ4n) is 2.56. The van der Waals surface area contributed by atoms with Crippen molar-refractivity contribution >= 4 is 25.5 Å². The minimum atomic E-state index is -3.52. The van der Waals surface area contributed by atoms with E-state index in [0.717, 1.165) is 0 Å². The van der Waals surface area contributed by atoms with Gasteiger partial charge in [-0.15, -0.1) is 0 Å². The van der Waals surface area contributed by atoms with E-state index in [1.165, 1.54) is 0 Å². The van der Waals surface area contributed by atoms with Gasteiger partial charge in [-0.3, -0.25) is 0 Å². The van der Waals surface area contributed by atoms with Gasteiger partial charge in [0.2, 0.25) is 10.0 Å². The zero-order valence-corrected chi connectivity index (χ0v) is 13.5. The summed E-state index contributed by atoms with van der Waals surface area (Å²) in [5.41, 5.74) is 0.646. The van der Waals surface area contributed by atoms with Crippen LogP contribution in [0, 0.1) is 0 Å². The molecule has 0 aliphatic carbocycles. The molecule has 1 aliphatic heterocycles. The second kappa shape index (κ2) is 5.94. The van der Waals surface area contributed by atoms with E-state index in [0.29, 0.717) is 36.5 Å². The van der Waals surface area contributed by atoms with Gasteiger partial charge < -0.3 is 4.90 Å². The molecule has 1 aromatic rings. The van der Waals surface area contributed by atoms with E-state index in [9.17, 15) is 16.8 Å². The van der Waals surface area contributed by atoms with E-state index in [-0.39, 0.29) is 5.75 Å². The molecule has 1 saturated heterocycles. The van der Waals surface area contributed by atoms with Crippen molar-refractivity contribution in [1.82, 2.24) is 0 Å². The van der Waals surface area contributed by atoms with Crippen LogP contribution in [0.4, 0.5) is 5.69 Å². The minimum Gasteiger partial charge on any atom is -0.370 e. The maximum atomic E-state index is 12.1. The third-order valence-corrected chi connectivity index (χ3v) is 7.00. The zero-order chi connectivity index (χ0) is 15.7. The molecule has 1 aliphatic rings. The van der Waals surface area contributed by atoms with E-state index in [4.69, 9.17) is 5.14 Å². The second-order valence-corrected chi connectivity index (χ2v) is 9.24. The molecular weight excluding hydrogens is 312 g/mol. The van der Waals surface area contributed by atoms with Gasteiger partial charge in [0.25, 0.3) is 0 Å². The topological polar surface area (TPSA) is 97.5 Å². The van der Waals surface area contributed by atoms with Gasteiger partial charge >= 0.3 is 0 Å². The summed E-state index contributed by atoms with van der Waals surface area (Å²) in [6, 6.07) is 6.85. The van der Waals surface area contributed by atoms with Crippen molar-refractivity contribution in [3.63, 3.8) is 0 Å². The number of sulfonamides is 1. The van der Waals surface area contributed by atoms with Crippen LogP contribution in [-0.4, -0.2) is 40.9 Å². The maximum Gasteiger partial charge on any atom is 0.212 e. The highest BCUT2D eigenvalue weighted by Crippen LogP contribution is 2.29. The molecule has 2 N–H and O–H groups in total. The average Bonchev–Trinajstić information content (AvgIpc) is 2.46. The Kier molecular flexibility index (Phi) is 4.60. The predicted octanol–water partition coefficient (Wildman–Crippen LogP) is 0.738. The molecule has 118 valence electrons. The van der Waals surface area contributed by atoms with Crippen LogP contribution in [0.5, 0.6) is 0 Å². The number of rotatable bonds is 4. The van der Waals surface area contributed by atoms with Gasteiger partial charge in [-0.05, 0) is 25.0 Å². The van der Waals surface area contributed by atoms with Crippen molar-refractivity contribution < 1.29 is 16.8 Å². The lowest BCUT2D eigenvalue weighted by molar-refractivity contribution is 0.529. The number of piperidine rings is 1. The Morgan fingerprint density at radius 3 is 2.24 bits per heavy atom. The van der Waals surface area contributed by atoms with E-state index in [2.05, 4.69) is 0 Å². The molecule has 21 heavy (non-hydrogen) atoms. The van der Waals surface area contributed by atoms with Crippen molar-refractivity contribution in [2.45, 2.75) is 29.9 Å². The molecule has 0 atom stereocenters. The van der Waals surface area contributed by atoms with Gasteiger partial charge in [0.05, 0.1) is 21.6 Å². The fraction of sp³-hybridized carbons (Fsp3) is 0.538. The largest absolute Gasteiger partial charge is 0.370 e. The summed E-state index contributed by atoms with van der Waals surface area (Å²) in [5, 5.41) is 4.63. The van der Waals surface area contributed by atoms with Crippen LogP contribution >= 0.6 is 0 Å². The van der Waals surface area contributed by atoms with Crippen LogP contribution in [0.25, 0.3) is 0 Å². The number of para-hydroxylation sites is 1. The Hall–Kier alpha value is -1.12. The first-order valence-electron chi connectivity index (χ1n) is 6.84. The third-order valence-electron chi connectivity index (χ3n) is 3.83. The monoisotopic (exact) mass is 332 g/mol. The van der Waals surface area contributed by atoms with Crippen molar-refractivity contribution in [2.24, 2.45) is 5.14 Å². The van der Waals surface area contributed by atoms with Crippen LogP contribution in [0.3, 0.4) is 0 Å². The molecule has 0 amide bonds. The number of benzene rings is 1. The molecule has 0 unspecified atom stereocenters. The van der Waals surface area contributed by atoms with Gasteiger partial charge in [0.1, 0.15) is 0 Å². The number of nitrogens with two attached hydrogens (primary N) is 1. The van der Waals surface area contributed by atoms with E-state index in [1.807, 2.05) is 4.90 Å². The average molecular weight is 332 g/mol.